The van der Waals surface area contributed by atoms with Crippen LogP contribution in [0.1, 0.15) is 11.1 Å². The van der Waals surface area contributed by atoms with Gasteiger partial charge in [0.1, 0.15) is 11.6 Å². The third kappa shape index (κ3) is 4.09. The van der Waals surface area contributed by atoms with Gasteiger partial charge in [0.2, 0.25) is 6.79 Å². The van der Waals surface area contributed by atoms with Gasteiger partial charge in [0.05, 0.1) is 0 Å². The van der Waals surface area contributed by atoms with Gasteiger partial charge in [0.15, 0.2) is 11.5 Å². The Hall–Kier alpha value is -3.46. The number of fused-ring (bicyclic) bond motifs is 1. The largest absolute Gasteiger partial charge is 0.454 e. The van der Waals surface area contributed by atoms with Crippen molar-refractivity contribution in [2.45, 2.75) is 13.5 Å². The maximum atomic E-state index is 12.2. The minimum atomic E-state index is -0.445. The van der Waals surface area contributed by atoms with E-state index in [0.29, 0.717) is 18.0 Å². The fourth-order valence-corrected chi connectivity index (χ4v) is 2.28. The number of benzene rings is 2. The Morgan fingerprint density at radius 3 is 2.72 bits per heavy atom. The summed E-state index contributed by atoms with van der Waals surface area (Å²) in [5.74, 6) is 0.901. The number of carbonyl (C=O) groups is 1. The smallest absolute Gasteiger partial charge is 0.263 e. The van der Waals surface area contributed by atoms with E-state index in [1.807, 2.05) is 49.4 Å². The fraction of sp³-hybridized carbons (Fsp3) is 0.158. The molecule has 0 radical (unpaired) electrons. The van der Waals surface area contributed by atoms with E-state index in [0.717, 1.165) is 16.8 Å². The molecule has 0 aliphatic carbocycles. The van der Waals surface area contributed by atoms with Crippen LogP contribution in [0.3, 0.4) is 0 Å². The molecule has 0 fully saturated rings. The molecule has 1 aliphatic heterocycles. The number of carbonyl (C=O) groups excluding carboxylic acids is 1. The first-order valence-corrected chi connectivity index (χ1v) is 7.76. The van der Waals surface area contributed by atoms with E-state index >= 15 is 0 Å². The molecule has 0 spiro atoms. The number of rotatable bonds is 5. The molecule has 2 aromatic rings. The van der Waals surface area contributed by atoms with Crippen LogP contribution >= 0.6 is 0 Å². The van der Waals surface area contributed by atoms with Crippen LogP contribution in [0.15, 0.2) is 54.2 Å². The molecule has 0 unspecified atom stereocenters. The lowest BCUT2D eigenvalue weighted by molar-refractivity contribution is -0.117. The van der Waals surface area contributed by atoms with E-state index in [-0.39, 0.29) is 12.4 Å². The van der Waals surface area contributed by atoms with Crippen LogP contribution in [0.2, 0.25) is 0 Å². The van der Waals surface area contributed by atoms with Gasteiger partial charge in [-0.3, -0.25) is 4.79 Å². The Labute approximate surface area is 145 Å². The van der Waals surface area contributed by atoms with Crippen LogP contribution < -0.4 is 20.1 Å². The Bertz CT molecular complexity index is 851. The van der Waals surface area contributed by atoms with Gasteiger partial charge in [-0.1, -0.05) is 23.8 Å². The highest BCUT2D eigenvalue weighted by Crippen LogP contribution is 2.32. The summed E-state index contributed by atoms with van der Waals surface area (Å²) in [7, 11) is 0. The van der Waals surface area contributed by atoms with Crippen LogP contribution in [-0.4, -0.2) is 12.7 Å². The SMILES string of the molecule is Cc1ccc(N/C=C(/C#N)C(=O)NCc2ccc3c(c2)OCO3)cc1. The highest BCUT2D eigenvalue weighted by Gasteiger charge is 2.14. The normalized spacial score (nSPS) is 12.4. The third-order valence-corrected chi connectivity index (χ3v) is 3.69. The van der Waals surface area contributed by atoms with E-state index in [9.17, 15) is 10.1 Å². The molecule has 0 bridgehead atoms. The molecule has 2 N–H and O–H groups in total. The lowest BCUT2D eigenvalue weighted by Crippen LogP contribution is -2.24. The summed E-state index contributed by atoms with van der Waals surface area (Å²) in [5, 5.41) is 14.9. The number of amides is 1. The lowest BCUT2D eigenvalue weighted by atomic mass is 10.2. The zero-order valence-corrected chi connectivity index (χ0v) is 13.7. The molecule has 6 heteroatoms. The summed E-state index contributed by atoms with van der Waals surface area (Å²) in [6.07, 6.45) is 1.40. The molecule has 0 atom stereocenters. The van der Waals surface area contributed by atoms with Gasteiger partial charge in [0.25, 0.3) is 5.91 Å². The van der Waals surface area contributed by atoms with Gasteiger partial charge in [-0.05, 0) is 36.8 Å². The van der Waals surface area contributed by atoms with E-state index in [1.54, 1.807) is 6.07 Å². The predicted molar refractivity (Wildman–Crippen MR) is 92.9 cm³/mol. The molecular formula is C19H17N3O3. The van der Waals surface area contributed by atoms with Gasteiger partial charge in [-0.2, -0.15) is 5.26 Å². The summed E-state index contributed by atoms with van der Waals surface area (Å²) in [6, 6.07) is 15.0. The van der Waals surface area contributed by atoms with Gasteiger partial charge in [-0.25, -0.2) is 0 Å². The minimum absolute atomic E-state index is 0.00122. The van der Waals surface area contributed by atoms with Crippen LogP contribution in [0.25, 0.3) is 0 Å². The summed E-state index contributed by atoms with van der Waals surface area (Å²) >= 11 is 0. The molecule has 0 saturated carbocycles. The second kappa shape index (κ2) is 7.41. The first-order valence-electron chi connectivity index (χ1n) is 7.76. The number of ether oxygens (including phenoxy) is 2. The standard InChI is InChI=1S/C19H17N3O3/c1-13-2-5-16(6-3-13)21-11-15(9-20)19(23)22-10-14-4-7-17-18(8-14)25-12-24-17/h2-8,11,21H,10,12H2,1H3,(H,22,23)/b15-11-. The van der Waals surface area contributed by atoms with Crippen molar-refractivity contribution in [3.8, 4) is 17.6 Å². The maximum Gasteiger partial charge on any atom is 0.263 e. The molecule has 2 aromatic carbocycles. The number of hydrogen-bond donors (Lipinski definition) is 2. The van der Waals surface area contributed by atoms with Crippen molar-refractivity contribution in [2.75, 3.05) is 12.1 Å². The predicted octanol–water partition coefficient (Wildman–Crippen LogP) is 2.86. The van der Waals surface area contributed by atoms with Crippen molar-refractivity contribution in [1.29, 1.82) is 5.26 Å². The number of aryl methyl sites for hydroxylation is 1. The molecule has 6 nitrogen and oxygen atoms in total. The van der Waals surface area contributed by atoms with Crippen LogP contribution in [0.4, 0.5) is 5.69 Å². The Kier molecular flexibility index (Phi) is 4.86. The fourth-order valence-electron chi connectivity index (χ4n) is 2.28. The monoisotopic (exact) mass is 335 g/mol. The zero-order chi connectivity index (χ0) is 17.6. The lowest BCUT2D eigenvalue weighted by Gasteiger charge is -2.06. The first kappa shape index (κ1) is 16.4. The first-order chi connectivity index (χ1) is 12.2. The molecule has 0 saturated heterocycles. The van der Waals surface area contributed by atoms with Gasteiger partial charge in [0, 0.05) is 18.4 Å². The zero-order valence-electron chi connectivity index (χ0n) is 13.7. The second-order valence-corrected chi connectivity index (χ2v) is 5.55. The van der Waals surface area contributed by atoms with Gasteiger partial charge < -0.3 is 20.1 Å². The summed E-state index contributed by atoms with van der Waals surface area (Å²) < 4.78 is 10.5. The average Bonchev–Trinajstić information content (AvgIpc) is 3.09. The van der Waals surface area contributed by atoms with E-state index < -0.39 is 5.91 Å². The maximum absolute atomic E-state index is 12.2. The van der Waals surface area contributed by atoms with Crippen molar-refractivity contribution in [3.05, 3.63) is 65.4 Å². The molecule has 25 heavy (non-hydrogen) atoms. The van der Waals surface area contributed by atoms with Crippen LogP contribution in [-0.2, 0) is 11.3 Å². The Morgan fingerprint density at radius 1 is 1.20 bits per heavy atom. The van der Waals surface area contributed by atoms with Crippen LogP contribution in [0, 0.1) is 18.3 Å². The highest BCUT2D eigenvalue weighted by molar-refractivity contribution is 5.97. The van der Waals surface area contributed by atoms with E-state index in [1.165, 1.54) is 6.20 Å². The van der Waals surface area contributed by atoms with Crippen molar-refractivity contribution in [2.24, 2.45) is 0 Å². The Balaban J connectivity index is 1.59. The highest BCUT2D eigenvalue weighted by atomic mass is 16.7. The molecule has 1 amide bonds. The number of nitrogens with zero attached hydrogens (tertiary/aromatic N) is 1. The molecule has 0 aromatic heterocycles. The van der Waals surface area contributed by atoms with E-state index in [2.05, 4.69) is 10.6 Å². The van der Waals surface area contributed by atoms with Gasteiger partial charge in [-0.15, -0.1) is 0 Å². The number of nitrogens with one attached hydrogen (secondary N) is 2. The molecule has 3 rings (SSSR count). The number of hydrogen-bond acceptors (Lipinski definition) is 5. The molecule has 126 valence electrons. The van der Waals surface area contributed by atoms with Crippen molar-refractivity contribution in [3.63, 3.8) is 0 Å². The topological polar surface area (TPSA) is 83.4 Å². The Morgan fingerprint density at radius 2 is 1.96 bits per heavy atom. The van der Waals surface area contributed by atoms with Crippen molar-refractivity contribution >= 4 is 11.6 Å². The molecule has 1 aliphatic rings. The van der Waals surface area contributed by atoms with Crippen molar-refractivity contribution in [1.82, 2.24) is 5.32 Å². The van der Waals surface area contributed by atoms with Crippen LogP contribution in [0.5, 0.6) is 11.5 Å². The summed E-state index contributed by atoms with van der Waals surface area (Å²) in [5.41, 5.74) is 2.81. The number of nitriles is 1. The quantitative estimate of drug-likeness (QED) is 0.648. The molecular weight excluding hydrogens is 318 g/mol. The molecule has 1 heterocycles. The second-order valence-electron chi connectivity index (χ2n) is 5.55. The van der Waals surface area contributed by atoms with Crippen molar-refractivity contribution < 1.29 is 14.3 Å². The summed E-state index contributed by atoms with van der Waals surface area (Å²) in [6.45, 7) is 2.49. The minimum Gasteiger partial charge on any atom is -0.454 e. The average molecular weight is 335 g/mol. The summed E-state index contributed by atoms with van der Waals surface area (Å²) in [4.78, 5) is 12.2. The number of anilines is 1. The van der Waals surface area contributed by atoms with E-state index in [4.69, 9.17) is 9.47 Å². The van der Waals surface area contributed by atoms with Gasteiger partial charge >= 0.3 is 0 Å². The third-order valence-electron chi connectivity index (χ3n) is 3.69.